The molecule has 1 N–H and O–H groups in total. The number of rotatable bonds is 4. The van der Waals surface area contributed by atoms with E-state index in [1.165, 1.54) is 0 Å². The first-order chi connectivity index (χ1) is 7.35. The SMILES string of the molecule is COc1cc(OCCCl)c2n[nH]nc2c1. The second kappa shape index (κ2) is 4.35. The molecule has 0 saturated carbocycles. The minimum absolute atomic E-state index is 0.427. The topological polar surface area (TPSA) is 60.0 Å². The van der Waals surface area contributed by atoms with Gasteiger partial charge in [0.25, 0.3) is 0 Å². The summed E-state index contributed by atoms with van der Waals surface area (Å²) >= 11 is 5.55. The van der Waals surface area contributed by atoms with E-state index in [1.807, 2.05) is 0 Å². The number of H-pyrrole nitrogens is 1. The highest BCUT2D eigenvalue weighted by Crippen LogP contribution is 2.28. The number of aromatic amines is 1. The van der Waals surface area contributed by atoms with Gasteiger partial charge in [-0.15, -0.1) is 11.6 Å². The highest BCUT2D eigenvalue weighted by Gasteiger charge is 2.09. The number of aromatic nitrogens is 3. The standard InChI is InChI=1S/C9H10ClN3O2/c1-14-6-4-7-9(12-13-11-7)8(5-6)15-3-2-10/h4-5H,2-3H2,1H3,(H,11,12,13). The van der Waals surface area contributed by atoms with Crippen molar-refractivity contribution >= 4 is 22.6 Å². The van der Waals surface area contributed by atoms with Crippen molar-refractivity contribution in [1.82, 2.24) is 15.4 Å². The predicted molar refractivity (Wildman–Crippen MR) is 56.7 cm³/mol. The van der Waals surface area contributed by atoms with Crippen LogP contribution in [0.25, 0.3) is 11.0 Å². The van der Waals surface area contributed by atoms with Crippen LogP contribution in [-0.4, -0.2) is 35.0 Å². The van der Waals surface area contributed by atoms with E-state index in [0.717, 1.165) is 0 Å². The molecule has 0 aliphatic carbocycles. The number of alkyl halides is 1. The first-order valence-electron chi connectivity index (χ1n) is 4.42. The average Bonchev–Trinajstić information content (AvgIpc) is 2.73. The summed E-state index contributed by atoms with van der Waals surface area (Å²) in [5, 5.41) is 10.5. The molecule has 1 aromatic heterocycles. The molecule has 0 atom stereocenters. The maximum Gasteiger partial charge on any atom is 0.155 e. The zero-order chi connectivity index (χ0) is 10.7. The van der Waals surface area contributed by atoms with Crippen LogP contribution >= 0.6 is 11.6 Å². The molecular weight excluding hydrogens is 218 g/mol. The van der Waals surface area contributed by atoms with Gasteiger partial charge in [-0.1, -0.05) is 0 Å². The van der Waals surface area contributed by atoms with E-state index in [4.69, 9.17) is 21.1 Å². The third kappa shape index (κ3) is 1.97. The lowest BCUT2D eigenvalue weighted by molar-refractivity contribution is 0.342. The molecule has 5 nitrogen and oxygen atoms in total. The summed E-state index contributed by atoms with van der Waals surface area (Å²) in [5.74, 6) is 1.73. The quantitative estimate of drug-likeness (QED) is 0.806. The van der Waals surface area contributed by atoms with Gasteiger partial charge < -0.3 is 9.47 Å². The fourth-order valence-electron chi connectivity index (χ4n) is 1.27. The van der Waals surface area contributed by atoms with E-state index >= 15 is 0 Å². The minimum atomic E-state index is 0.427. The maximum absolute atomic E-state index is 5.55. The number of halogens is 1. The number of methoxy groups -OCH3 is 1. The smallest absolute Gasteiger partial charge is 0.155 e. The Balaban J connectivity index is 2.43. The number of fused-ring (bicyclic) bond motifs is 1. The van der Waals surface area contributed by atoms with Gasteiger partial charge in [-0.25, -0.2) is 0 Å². The second-order valence-corrected chi connectivity index (χ2v) is 3.23. The summed E-state index contributed by atoms with van der Waals surface area (Å²) in [4.78, 5) is 0. The summed E-state index contributed by atoms with van der Waals surface area (Å²) < 4.78 is 10.6. The highest BCUT2D eigenvalue weighted by atomic mass is 35.5. The normalized spacial score (nSPS) is 10.5. The Kier molecular flexibility index (Phi) is 2.91. The van der Waals surface area contributed by atoms with E-state index < -0.39 is 0 Å². The van der Waals surface area contributed by atoms with E-state index in [9.17, 15) is 0 Å². The minimum Gasteiger partial charge on any atom is -0.497 e. The van der Waals surface area contributed by atoms with Crippen molar-refractivity contribution in [2.45, 2.75) is 0 Å². The highest BCUT2D eigenvalue weighted by molar-refractivity contribution is 6.18. The van der Waals surface area contributed by atoms with E-state index in [1.54, 1.807) is 19.2 Å². The molecule has 80 valence electrons. The first-order valence-corrected chi connectivity index (χ1v) is 4.96. The van der Waals surface area contributed by atoms with Crippen LogP contribution < -0.4 is 9.47 Å². The van der Waals surface area contributed by atoms with Gasteiger partial charge in [-0.05, 0) is 0 Å². The third-order valence-corrected chi connectivity index (χ3v) is 2.09. The van der Waals surface area contributed by atoms with Crippen molar-refractivity contribution in [1.29, 1.82) is 0 Å². The molecular formula is C9H10ClN3O2. The number of hydrogen-bond acceptors (Lipinski definition) is 4. The van der Waals surface area contributed by atoms with Crippen molar-refractivity contribution in [3.63, 3.8) is 0 Å². The summed E-state index contributed by atoms with van der Waals surface area (Å²) in [5.41, 5.74) is 1.39. The van der Waals surface area contributed by atoms with Gasteiger partial charge in [0.2, 0.25) is 0 Å². The number of benzene rings is 1. The fraction of sp³-hybridized carbons (Fsp3) is 0.333. The van der Waals surface area contributed by atoms with E-state index in [2.05, 4.69) is 15.4 Å². The Hall–Kier alpha value is -1.49. The molecule has 0 bridgehead atoms. The number of nitrogens with one attached hydrogen (secondary N) is 1. The average molecular weight is 228 g/mol. The molecule has 2 aromatic rings. The Bertz CT molecular complexity index is 458. The van der Waals surface area contributed by atoms with Crippen molar-refractivity contribution in [2.75, 3.05) is 19.6 Å². The van der Waals surface area contributed by atoms with Gasteiger partial charge in [-0.2, -0.15) is 15.4 Å². The lowest BCUT2D eigenvalue weighted by Crippen LogP contribution is -1.99. The zero-order valence-corrected chi connectivity index (χ0v) is 8.91. The van der Waals surface area contributed by atoms with Gasteiger partial charge >= 0.3 is 0 Å². The molecule has 0 unspecified atom stereocenters. The number of ether oxygens (including phenoxy) is 2. The van der Waals surface area contributed by atoms with Gasteiger partial charge in [0.15, 0.2) is 11.3 Å². The molecule has 0 fully saturated rings. The molecule has 0 saturated heterocycles. The zero-order valence-electron chi connectivity index (χ0n) is 8.16. The third-order valence-electron chi connectivity index (χ3n) is 1.93. The lowest BCUT2D eigenvalue weighted by Gasteiger charge is -2.06. The van der Waals surface area contributed by atoms with Crippen LogP contribution in [0, 0.1) is 0 Å². The molecule has 1 heterocycles. The van der Waals surface area contributed by atoms with Crippen LogP contribution in [0.2, 0.25) is 0 Å². The van der Waals surface area contributed by atoms with Crippen molar-refractivity contribution in [3.05, 3.63) is 12.1 Å². The first kappa shape index (κ1) is 10.0. The van der Waals surface area contributed by atoms with Gasteiger partial charge in [-0.3, -0.25) is 0 Å². The fourth-order valence-corrected chi connectivity index (χ4v) is 1.35. The van der Waals surface area contributed by atoms with E-state index in [-0.39, 0.29) is 0 Å². The van der Waals surface area contributed by atoms with Crippen LogP contribution in [0.5, 0.6) is 11.5 Å². The van der Waals surface area contributed by atoms with Crippen molar-refractivity contribution in [2.24, 2.45) is 0 Å². The summed E-state index contributed by atoms with van der Waals surface area (Å²) in [6, 6.07) is 3.55. The van der Waals surface area contributed by atoms with Crippen LogP contribution in [0.4, 0.5) is 0 Å². The van der Waals surface area contributed by atoms with E-state index in [0.29, 0.717) is 35.0 Å². The molecule has 0 aliphatic rings. The number of hydrogen-bond donors (Lipinski definition) is 1. The molecule has 0 radical (unpaired) electrons. The molecule has 6 heteroatoms. The Labute approximate surface area is 91.3 Å². The van der Waals surface area contributed by atoms with Gasteiger partial charge in [0, 0.05) is 12.1 Å². The van der Waals surface area contributed by atoms with Crippen molar-refractivity contribution < 1.29 is 9.47 Å². The van der Waals surface area contributed by atoms with Crippen LogP contribution in [0.3, 0.4) is 0 Å². The maximum atomic E-state index is 5.55. The molecule has 2 rings (SSSR count). The van der Waals surface area contributed by atoms with Crippen LogP contribution in [0.15, 0.2) is 12.1 Å². The molecule has 0 spiro atoms. The molecule has 0 amide bonds. The monoisotopic (exact) mass is 227 g/mol. The molecule has 1 aromatic carbocycles. The summed E-state index contributed by atoms with van der Waals surface area (Å²) in [6.07, 6.45) is 0. The summed E-state index contributed by atoms with van der Waals surface area (Å²) in [6.45, 7) is 0.427. The summed E-state index contributed by atoms with van der Waals surface area (Å²) in [7, 11) is 1.59. The second-order valence-electron chi connectivity index (χ2n) is 2.85. The predicted octanol–water partition coefficient (Wildman–Crippen LogP) is 1.58. The lowest BCUT2D eigenvalue weighted by atomic mass is 10.2. The largest absolute Gasteiger partial charge is 0.497 e. The van der Waals surface area contributed by atoms with Gasteiger partial charge in [0.05, 0.1) is 13.0 Å². The Morgan fingerprint density at radius 3 is 3.00 bits per heavy atom. The molecule has 15 heavy (non-hydrogen) atoms. The van der Waals surface area contributed by atoms with Gasteiger partial charge in [0.1, 0.15) is 17.9 Å². The van der Waals surface area contributed by atoms with Crippen molar-refractivity contribution in [3.8, 4) is 11.5 Å². The Morgan fingerprint density at radius 2 is 2.27 bits per heavy atom. The van der Waals surface area contributed by atoms with Crippen LogP contribution in [-0.2, 0) is 0 Å². The van der Waals surface area contributed by atoms with Crippen LogP contribution in [0.1, 0.15) is 0 Å². The molecule has 0 aliphatic heterocycles. The Morgan fingerprint density at radius 1 is 1.40 bits per heavy atom. The number of nitrogens with zero attached hydrogens (tertiary/aromatic N) is 2.